The summed E-state index contributed by atoms with van der Waals surface area (Å²) in [5, 5.41) is 14.1. The monoisotopic (exact) mass is 837 g/mol. The molecule has 2 aliphatic rings. The van der Waals surface area contributed by atoms with E-state index in [1.165, 1.54) is 6.08 Å². The number of nitrogens with one attached hydrogen (secondary N) is 1. The number of rotatable bonds is 15. The molecule has 21 heteroatoms. The van der Waals surface area contributed by atoms with Gasteiger partial charge in [-0.2, -0.15) is 0 Å². The number of alkyl carbamates (subject to hydrolysis) is 1. The second kappa shape index (κ2) is 20.1. The zero-order chi connectivity index (χ0) is 40.5. The molecule has 0 spiro atoms. The minimum atomic E-state index is -2.49. The second-order valence-electron chi connectivity index (χ2n) is 13.8. The number of hydrogen-bond acceptors (Lipinski definition) is 16. The Morgan fingerprint density at radius 1 is 0.792 bits per heavy atom. The first-order valence-corrected chi connectivity index (χ1v) is 20.6. The Morgan fingerprint density at radius 3 is 1.83 bits per heavy atom. The highest BCUT2D eigenvalue weighted by atomic mass is 35.6. The summed E-state index contributed by atoms with van der Waals surface area (Å²) in [6.45, 7) is 16.5. The Balaban J connectivity index is 2.68. The molecule has 17 nitrogen and oxygen atoms in total. The van der Waals surface area contributed by atoms with Gasteiger partial charge in [0.05, 0.1) is 13.2 Å². The van der Waals surface area contributed by atoms with Crippen LogP contribution in [0.25, 0.3) is 0 Å². The number of hydrogen-bond donors (Lipinski definition) is 2. The number of carbonyl (C=O) groups is 5. The van der Waals surface area contributed by atoms with Crippen molar-refractivity contribution >= 4 is 73.1 Å². The largest absolute Gasteiger partial charge is 0.463 e. The van der Waals surface area contributed by atoms with Gasteiger partial charge in [0, 0.05) is 27.7 Å². The first-order valence-electron chi connectivity index (χ1n) is 16.5. The predicted molar refractivity (Wildman–Crippen MR) is 189 cm³/mol. The fourth-order valence-corrected chi connectivity index (χ4v) is 6.14. The van der Waals surface area contributed by atoms with E-state index in [0.29, 0.717) is 0 Å². The van der Waals surface area contributed by atoms with Crippen molar-refractivity contribution in [2.24, 2.45) is 0 Å². The maximum Gasteiger partial charge on any atom is 0.407 e. The molecule has 2 N–H and O–H groups in total. The molecular formula is C32H50Cl3NO16Si. The summed E-state index contributed by atoms with van der Waals surface area (Å²) in [4.78, 5) is 61.6. The molecule has 1 amide bonds. The maximum atomic E-state index is 12.9. The molecule has 0 unspecified atom stereocenters. The summed E-state index contributed by atoms with van der Waals surface area (Å²) < 4.78 is 55.6. The van der Waals surface area contributed by atoms with Crippen LogP contribution in [0.15, 0.2) is 12.7 Å². The highest BCUT2D eigenvalue weighted by molar-refractivity contribution is 6.74. The molecule has 0 aromatic heterocycles. The SMILES string of the molecule is C=CCO[C@@H]1O[C@H](CO[Si](C)(C)C(C)(C)C)[C@@H](O[C@@H]2O[C@H](COC(C)=O)[C@H](OC(C)=O)[C@H](OC(C)=O)[C@H]2OC(C)=O)[C@H](O)[C@H]1NC(=O)OCC(Cl)(Cl)Cl. The van der Waals surface area contributed by atoms with E-state index < -0.39 is 117 Å². The van der Waals surface area contributed by atoms with Crippen LogP contribution in [0.4, 0.5) is 4.79 Å². The molecule has 2 fully saturated rings. The third-order valence-electron chi connectivity index (χ3n) is 8.36. The average molecular weight is 839 g/mol. The van der Waals surface area contributed by atoms with E-state index in [0.717, 1.165) is 27.7 Å². The second-order valence-corrected chi connectivity index (χ2v) is 21.1. The molecule has 2 aliphatic heterocycles. The van der Waals surface area contributed by atoms with Gasteiger partial charge in [-0.15, -0.1) is 6.58 Å². The number of alkyl halides is 3. The van der Waals surface area contributed by atoms with Crippen LogP contribution in [0.2, 0.25) is 18.1 Å². The lowest BCUT2D eigenvalue weighted by Gasteiger charge is -2.49. The zero-order valence-electron chi connectivity index (χ0n) is 31.1. The summed E-state index contributed by atoms with van der Waals surface area (Å²) in [6.07, 6.45) is -13.2. The van der Waals surface area contributed by atoms with Gasteiger partial charge in [-0.3, -0.25) is 19.2 Å². The van der Waals surface area contributed by atoms with Crippen LogP contribution in [0.5, 0.6) is 0 Å². The Labute approximate surface area is 324 Å². The highest BCUT2D eigenvalue weighted by Gasteiger charge is 2.56. The predicted octanol–water partition coefficient (Wildman–Crippen LogP) is 3.23. The lowest BCUT2D eigenvalue weighted by Crippen LogP contribution is -2.68. The van der Waals surface area contributed by atoms with Crippen molar-refractivity contribution in [3.8, 4) is 0 Å². The van der Waals surface area contributed by atoms with E-state index in [2.05, 4.69) is 11.9 Å². The van der Waals surface area contributed by atoms with Crippen molar-refractivity contribution in [1.82, 2.24) is 5.32 Å². The molecule has 53 heavy (non-hydrogen) atoms. The Morgan fingerprint density at radius 2 is 1.32 bits per heavy atom. The molecule has 0 aromatic carbocycles. The quantitative estimate of drug-likeness (QED) is 0.0798. The number of carbonyl (C=O) groups excluding carboxylic acids is 5. The van der Waals surface area contributed by atoms with Crippen LogP contribution in [0.3, 0.4) is 0 Å². The van der Waals surface area contributed by atoms with Crippen LogP contribution >= 0.6 is 34.8 Å². The lowest BCUT2D eigenvalue weighted by molar-refractivity contribution is -0.349. The summed E-state index contributed by atoms with van der Waals surface area (Å²) in [5.41, 5.74) is 0. The van der Waals surface area contributed by atoms with Gasteiger partial charge in [0.2, 0.25) is 3.79 Å². The lowest BCUT2D eigenvalue weighted by atomic mass is 9.95. The van der Waals surface area contributed by atoms with E-state index in [4.69, 9.17) is 81.9 Å². The normalized spacial score (nSPS) is 29.3. The molecule has 304 valence electrons. The van der Waals surface area contributed by atoms with Crippen molar-refractivity contribution in [2.75, 3.05) is 26.4 Å². The number of aliphatic hydroxyl groups excluding tert-OH is 1. The first kappa shape index (κ1) is 46.9. The molecule has 0 aromatic rings. The average Bonchev–Trinajstić information content (AvgIpc) is 3.01. The van der Waals surface area contributed by atoms with Crippen molar-refractivity contribution < 1.29 is 76.1 Å². The molecule has 0 radical (unpaired) electrons. The van der Waals surface area contributed by atoms with Crippen LogP contribution in [0, 0.1) is 0 Å². The van der Waals surface area contributed by atoms with Gasteiger partial charge < -0.3 is 57.5 Å². The molecule has 0 aliphatic carbocycles. The van der Waals surface area contributed by atoms with E-state index in [-0.39, 0.29) is 18.3 Å². The van der Waals surface area contributed by atoms with E-state index in [9.17, 15) is 29.1 Å². The van der Waals surface area contributed by atoms with Gasteiger partial charge in [-0.1, -0.05) is 61.7 Å². The minimum Gasteiger partial charge on any atom is -0.463 e. The van der Waals surface area contributed by atoms with Crippen LogP contribution in [-0.2, 0) is 66.2 Å². The number of aliphatic hydroxyl groups is 1. The van der Waals surface area contributed by atoms with Gasteiger partial charge in [0.15, 0.2) is 39.2 Å². The minimum absolute atomic E-state index is 0.0835. The maximum absolute atomic E-state index is 12.9. The molecule has 0 bridgehead atoms. The van der Waals surface area contributed by atoms with Crippen LogP contribution in [0.1, 0.15) is 48.5 Å². The Kier molecular flexibility index (Phi) is 17.7. The zero-order valence-corrected chi connectivity index (χ0v) is 34.4. The molecular weight excluding hydrogens is 789 g/mol. The van der Waals surface area contributed by atoms with E-state index >= 15 is 0 Å². The van der Waals surface area contributed by atoms with Crippen LogP contribution < -0.4 is 5.32 Å². The van der Waals surface area contributed by atoms with E-state index in [1.54, 1.807) is 0 Å². The first-order chi connectivity index (χ1) is 24.4. The third-order valence-corrected chi connectivity index (χ3v) is 13.2. The molecule has 2 heterocycles. The highest BCUT2D eigenvalue weighted by Crippen LogP contribution is 2.38. The van der Waals surface area contributed by atoms with Crippen molar-refractivity contribution in [1.29, 1.82) is 0 Å². The fraction of sp³-hybridized carbons (Fsp3) is 0.781. The number of amides is 1. The van der Waals surface area contributed by atoms with Gasteiger partial charge in [-0.25, -0.2) is 4.79 Å². The summed E-state index contributed by atoms with van der Waals surface area (Å²) in [6, 6.07) is -1.43. The molecule has 2 saturated heterocycles. The standard InChI is InChI=1S/C32H50Cl3NO16Si/c1-11-12-43-28-22(36-30(42)45-15-32(33,34)35)23(41)24(21(50-28)14-46-53(9,10)31(6,7)8)52-29-27(49-19(5)40)26(48-18(4)39)25(47-17(3)38)20(51-29)13-44-16(2)37/h11,20-29,41H,1,12-15H2,2-10H3,(H,36,42)/t20-,21-,22-,23-,24-,25+,26+,27-,28-,29+/m1/s1. The number of esters is 4. The Bertz CT molecular complexity index is 1290. The van der Waals surface area contributed by atoms with Crippen LogP contribution in [-0.4, -0.2) is 135 Å². The molecule has 10 atom stereocenters. The fourth-order valence-electron chi connectivity index (χ4n) is 4.97. The van der Waals surface area contributed by atoms with Gasteiger partial charge in [0.1, 0.15) is 43.7 Å². The van der Waals surface area contributed by atoms with E-state index in [1.807, 2.05) is 33.9 Å². The van der Waals surface area contributed by atoms with Crippen molar-refractivity contribution in [2.45, 2.75) is 132 Å². The summed E-state index contributed by atoms with van der Waals surface area (Å²) >= 11 is 17.2. The Hall–Kier alpha value is -2.26. The third kappa shape index (κ3) is 14.7. The number of halogens is 3. The smallest absolute Gasteiger partial charge is 0.407 e. The van der Waals surface area contributed by atoms with Crippen molar-refractivity contribution in [3.63, 3.8) is 0 Å². The topological polar surface area (TPSA) is 210 Å². The van der Waals surface area contributed by atoms with Gasteiger partial charge in [0.25, 0.3) is 0 Å². The molecule has 0 saturated carbocycles. The molecule has 2 rings (SSSR count). The summed E-state index contributed by atoms with van der Waals surface area (Å²) in [7, 11) is -2.49. The number of ether oxygens (including phenoxy) is 9. The van der Waals surface area contributed by atoms with Gasteiger partial charge >= 0.3 is 30.0 Å². The summed E-state index contributed by atoms with van der Waals surface area (Å²) in [5.74, 6) is -3.29. The van der Waals surface area contributed by atoms with Crippen molar-refractivity contribution in [3.05, 3.63) is 12.7 Å². The van der Waals surface area contributed by atoms with Gasteiger partial charge in [-0.05, 0) is 18.1 Å².